The average molecular weight is 345 g/mol. The molecule has 1 heterocycles. The smallest absolute Gasteiger partial charge is 0.355 e. The van der Waals surface area contributed by atoms with E-state index in [9.17, 15) is 14.4 Å². The second-order valence-corrected chi connectivity index (χ2v) is 6.40. The number of carboxylic acid groups (broad SMARTS) is 1. The third kappa shape index (κ3) is 3.96. The van der Waals surface area contributed by atoms with Crippen LogP contribution in [0.2, 0.25) is 0 Å². The van der Waals surface area contributed by atoms with Crippen molar-refractivity contribution in [3.8, 4) is 0 Å². The highest BCUT2D eigenvalue weighted by Gasteiger charge is 2.29. The Kier molecular flexibility index (Phi) is 4.57. The Morgan fingerprint density at radius 2 is 2.08 bits per heavy atom. The molecule has 0 saturated heterocycles. The van der Waals surface area contributed by atoms with Crippen molar-refractivity contribution in [2.45, 2.75) is 19.4 Å². The van der Waals surface area contributed by atoms with Gasteiger partial charge in [-0.2, -0.15) is 0 Å². The van der Waals surface area contributed by atoms with Crippen LogP contribution in [0.1, 0.15) is 38.7 Å². The SMILES string of the molecule is O=C(NCc1nc(C(=O)O)cs1)c1cccc(NC(=O)C2CC2)c1. The predicted octanol–water partition coefficient (Wildman–Crippen LogP) is 2.12. The third-order valence-corrected chi connectivity index (χ3v) is 4.36. The van der Waals surface area contributed by atoms with Gasteiger partial charge in [0, 0.05) is 22.5 Å². The van der Waals surface area contributed by atoms with Crippen molar-refractivity contribution in [1.82, 2.24) is 10.3 Å². The fourth-order valence-electron chi connectivity index (χ4n) is 2.08. The monoisotopic (exact) mass is 345 g/mol. The molecule has 0 aliphatic heterocycles. The molecular weight excluding hydrogens is 330 g/mol. The summed E-state index contributed by atoms with van der Waals surface area (Å²) in [4.78, 5) is 38.6. The Balaban J connectivity index is 1.59. The van der Waals surface area contributed by atoms with Gasteiger partial charge in [0.15, 0.2) is 5.69 Å². The molecule has 0 bridgehead atoms. The molecule has 124 valence electrons. The molecule has 1 aromatic heterocycles. The van der Waals surface area contributed by atoms with Gasteiger partial charge in [-0.05, 0) is 31.0 Å². The van der Waals surface area contributed by atoms with E-state index in [1.807, 2.05) is 0 Å². The van der Waals surface area contributed by atoms with Crippen molar-refractivity contribution in [3.05, 3.63) is 45.9 Å². The normalized spacial score (nSPS) is 13.3. The molecule has 0 atom stereocenters. The lowest BCUT2D eigenvalue weighted by Gasteiger charge is -2.07. The molecule has 0 unspecified atom stereocenters. The van der Waals surface area contributed by atoms with Gasteiger partial charge < -0.3 is 15.7 Å². The van der Waals surface area contributed by atoms with Gasteiger partial charge in [0.2, 0.25) is 5.91 Å². The van der Waals surface area contributed by atoms with Gasteiger partial charge in [0.05, 0.1) is 6.54 Å². The minimum atomic E-state index is -1.09. The van der Waals surface area contributed by atoms with E-state index in [1.165, 1.54) is 16.7 Å². The quantitative estimate of drug-likeness (QED) is 0.743. The third-order valence-electron chi connectivity index (χ3n) is 3.51. The van der Waals surface area contributed by atoms with Crippen LogP contribution in [0.3, 0.4) is 0 Å². The molecule has 0 spiro atoms. The Morgan fingerprint density at radius 3 is 2.75 bits per heavy atom. The molecule has 2 aromatic rings. The minimum absolute atomic E-state index is 0.0171. The highest BCUT2D eigenvalue weighted by atomic mass is 32.1. The molecule has 7 nitrogen and oxygen atoms in total. The summed E-state index contributed by atoms with van der Waals surface area (Å²) < 4.78 is 0. The molecule has 24 heavy (non-hydrogen) atoms. The van der Waals surface area contributed by atoms with Gasteiger partial charge >= 0.3 is 5.97 Å². The minimum Gasteiger partial charge on any atom is -0.476 e. The molecule has 8 heteroatoms. The van der Waals surface area contributed by atoms with Crippen LogP contribution in [0.5, 0.6) is 0 Å². The number of amides is 2. The first-order chi connectivity index (χ1) is 11.5. The second kappa shape index (κ2) is 6.79. The van der Waals surface area contributed by atoms with Gasteiger partial charge in [-0.25, -0.2) is 9.78 Å². The molecular formula is C16H15N3O4S. The summed E-state index contributed by atoms with van der Waals surface area (Å²) in [5, 5.41) is 16.2. The van der Waals surface area contributed by atoms with Crippen LogP contribution in [0.15, 0.2) is 29.6 Å². The molecule has 2 amide bonds. The number of aromatic carboxylic acids is 1. The van der Waals surface area contributed by atoms with Crippen molar-refractivity contribution >= 4 is 34.8 Å². The molecule has 1 saturated carbocycles. The number of carbonyl (C=O) groups excluding carboxylic acids is 2. The maximum Gasteiger partial charge on any atom is 0.355 e. The number of aromatic nitrogens is 1. The summed E-state index contributed by atoms with van der Waals surface area (Å²) >= 11 is 1.17. The first-order valence-corrected chi connectivity index (χ1v) is 8.27. The van der Waals surface area contributed by atoms with E-state index < -0.39 is 5.97 Å². The van der Waals surface area contributed by atoms with Crippen LogP contribution in [0, 0.1) is 5.92 Å². The van der Waals surface area contributed by atoms with Crippen LogP contribution < -0.4 is 10.6 Å². The highest BCUT2D eigenvalue weighted by molar-refractivity contribution is 7.09. The molecule has 1 aromatic carbocycles. The molecule has 1 aliphatic carbocycles. The number of anilines is 1. The number of hydrogen-bond donors (Lipinski definition) is 3. The van der Waals surface area contributed by atoms with Gasteiger partial charge in [0.1, 0.15) is 5.01 Å². The fourth-order valence-corrected chi connectivity index (χ4v) is 2.78. The van der Waals surface area contributed by atoms with E-state index in [0.717, 1.165) is 12.8 Å². The van der Waals surface area contributed by atoms with Crippen molar-refractivity contribution in [2.24, 2.45) is 5.92 Å². The Hall–Kier alpha value is -2.74. The summed E-state index contributed by atoms with van der Waals surface area (Å²) in [5.74, 6) is -1.33. The zero-order valence-electron chi connectivity index (χ0n) is 12.6. The Morgan fingerprint density at radius 1 is 1.29 bits per heavy atom. The molecule has 0 radical (unpaired) electrons. The average Bonchev–Trinajstić information content (AvgIpc) is 3.31. The van der Waals surface area contributed by atoms with Crippen LogP contribution in [0.4, 0.5) is 5.69 Å². The summed E-state index contributed by atoms with van der Waals surface area (Å²) in [7, 11) is 0. The predicted molar refractivity (Wildman–Crippen MR) is 88.0 cm³/mol. The summed E-state index contributed by atoms with van der Waals surface area (Å²) in [6, 6.07) is 6.69. The zero-order valence-corrected chi connectivity index (χ0v) is 13.4. The van der Waals surface area contributed by atoms with Gasteiger partial charge in [-0.1, -0.05) is 6.07 Å². The van der Waals surface area contributed by atoms with Crippen molar-refractivity contribution < 1.29 is 19.5 Å². The molecule has 3 N–H and O–H groups in total. The number of benzene rings is 1. The number of rotatable bonds is 6. The molecule has 3 rings (SSSR count). The number of carboxylic acids is 1. The zero-order chi connectivity index (χ0) is 17.1. The number of hydrogen-bond acceptors (Lipinski definition) is 5. The van der Waals surface area contributed by atoms with Crippen LogP contribution in [-0.2, 0) is 11.3 Å². The first-order valence-electron chi connectivity index (χ1n) is 7.40. The van der Waals surface area contributed by atoms with E-state index in [0.29, 0.717) is 16.3 Å². The number of carbonyl (C=O) groups is 3. The topological polar surface area (TPSA) is 108 Å². The Bertz CT molecular complexity index is 798. The highest BCUT2D eigenvalue weighted by Crippen LogP contribution is 2.30. The van der Waals surface area contributed by atoms with Crippen LogP contribution in [-0.4, -0.2) is 27.9 Å². The second-order valence-electron chi connectivity index (χ2n) is 5.46. The van der Waals surface area contributed by atoms with Crippen molar-refractivity contribution in [1.29, 1.82) is 0 Å². The lowest BCUT2D eigenvalue weighted by atomic mass is 10.2. The van der Waals surface area contributed by atoms with Crippen LogP contribution in [0.25, 0.3) is 0 Å². The lowest BCUT2D eigenvalue weighted by molar-refractivity contribution is -0.117. The van der Waals surface area contributed by atoms with Gasteiger partial charge in [-0.3, -0.25) is 9.59 Å². The standard InChI is InChI=1S/C16H15N3O4S/c20-14(17-7-13-19-12(8-24-13)16(22)23)10-2-1-3-11(6-10)18-15(21)9-4-5-9/h1-3,6,8-9H,4-5,7H2,(H,17,20)(H,18,21)(H,22,23). The molecule has 1 fully saturated rings. The van der Waals surface area contributed by atoms with E-state index in [-0.39, 0.29) is 30.0 Å². The lowest BCUT2D eigenvalue weighted by Crippen LogP contribution is -2.23. The van der Waals surface area contributed by atoms with Gasteiger partial charge in [0.25, 0.3) is 5.91 Å². The van der Waals surface area contributed by atoms with E-state index in [1.54, 1.807) is 24.3 Å². The van der Waals surface area contributed by atoms with Crippen LogP contribution >= 0.6 is 11.3 Å². The number of nitrogens with zero attached hydrogens (tertiary/aromatic N) is 1. The number of thiazole rings is 1. The van der Waals surface area contributed by atoms with Gasteiger partial charge in [-0.15, -0.1) is 11.3 Å². The van der Waals surface area contributed by atoms with Crippen molar-refractivity contribution in [3.63, 3.8) is 0 Å². The summed E-state index contributed by atoms with van der Waals surface area (Å²) in [6.07, 6.45) is 1.83. The fraction of sp³-hybridized carbons (Fsp3) is 0.250. The summed E-state index contributed by atoms with van der Waals surface area (Å²) in [5.41, 5.74) is 0.967. The maximum atomic E-state index is 12.2. The Labute approximate surface area is 141 Å². The largest absolute Gasteiger partial charge is 0.476 e. The van der Waals surface area contributed by atoms with E-state index in [4.69, 9.17) is 5.11 Å². The molecule has 1 aliphatic rings. The van der Waals surface area contributed by atoms with Crippen molar-refractivity contribution in [2.75, 3.05) is 5.32 Å². The number of nitrogens with one attached hydrogen (secondary N) is 2. The van der Waals surface area contributed by atoms with E-state index >= 15 is 0 Å². The van der Waals surface area contributed by atoms with E-state index in [2.05, 4.69) is 15.6 Å². The summed E-state index contributed by atoms with van der Waals surface area (Å²) in [6.45, 7) is 0.148. The maximum absolute atomic E-state index is 12.2. The first kappa shape index (κ1) is 16.1.